The van der Waals surface area contributed by atoms with Gasteiger partial charge in [-0.15, -0.1) is 0 Å². The number of hydrogen-bond acceptors (Lipinski definition) is 3. The number of ether oxygens (including phenoxy) is 1. The van der Waals surface area contributed by atoms with E-state index in [2.05, 4.69) is 6.92 Å². The van der Waals surface area contributed by atoms with Gasteiger partial charge in [0.1, 0.15) is 0 Å². The minimum absolute atomic E-state index is 0.153. The second kappa shape index (κ2) is 5.41. The Morgan fingerprint density at radius 1 is 1.11 bits per heavy atom. The summed E-state index contributed by atoms with van der Waals surface area (Å²) in [5.41, 5.74) is 1.18. The van der Waals surface area contributed by atoms with E-state index in [1.807, 2.05) is 12.1 Å². The highest BCUT2D eigenvalue weighted by Crippen LogP contribution is 2.29. The SMILES string of the molecule is CCC1OC1CCc1ccc(S(=O)(=O)CC)cc1. The van der Waals surface area contributed by atoms with E-state index >= 15 is 0 Å². The maximum absolute atomic E-state index is 11.7. The molecule has 4 heteroatoms. The zero-order chi connectivity index (χ0) is 13.2. The third-order valence-corrected chi connectivity index (χ3v) is 5.22. The molecule has 1 fully saturated rings. The maximum atomic E-state index is 11.7. The predicted molar refractivity (Wildman–Crippen MR) is 71.4 cm³/mol. The third kappa shape index (κ3) is 3.12. The molecule has 2 rings (SSSR count). The second-order valence-corrected chi connectivity index (χ2v) is 6.99. The van der Waals surface area contributed by atoms with Crippen molar-refractivity contribution in [2.45, 2.75) is 50.2 Å². The molecular weight excluding hydrogens is 248 g/mol. The number of rotatable bonds is 6. The van der Waals surface area contributed by atoms with Crippen molar-refractivity contribution in [2.75, 3.05) is 5.75 Å². The molecule has 1 aromatic rings. The molecule has 1 saturated heterocycles. The minimum atomic E-state index is -3.07. The molecule has 1 aromatic carbocycles. The number of epoxide rings is 1. The van der Waals surface area contributed by atoms with Crippen molar-refractivity contribution < 1.29 is 13.2 Å². The molecule has 1 aliphatic heterocycles. The molecule has 0 aliphatic carbocycles. The first-order valence-electron chi connectivity index (χ1n) is 6.54. The van der Waals surface area contributed by atoms with Gasteiger partial charge < -0.3 is 4.74 Å². The summed E-state index contributed by atoms with van der Waals surface area (Å²) in [4.78, 5) is 0.419. The van der Waals surface area contributed by atoms with Crippen LogP contribution < -0.4 is 0 Å². The van der Waals surface area contributed by atoms with E-state index in [4.69, 9.17) is 4.74 Å². The summed E-state index contributed by atoms with van der Waals surface area (Å²) < 4.78 is 28.8. The lowest BCUT2D eigenvalue weighted by Crippen LogP contribution is -2.03. The highest BCUT2D eigenvalue weighted by Gasteiger charge is 2.35. The van der Waals surface area contributed by atoms with Crippen LogP contribution in [-0.4, -0.2) is 26.4 Å². The van der Waals surface area contributed by atoms with Crippen LogP contribution in [0.1, 0.15) is 32.3 Å². The molecular formula is C14H20O3S. The van der Waals surface area contributed by atoms with E-state index in [0.29, 0.717) is 17.1 Å². The van der Waals surface area contributed by atoms with Crippen molar-refractivity contribution in [1.29, 1.82) is 0 Å². The summed E-state index contributed by atoms with van der Waals surface area (Å²) in [6.45, 7) is 3.80. The highest BCUT2D eigenvalue weighted by molar-refractivity contribution is 7.91. The smallest absolute Gasteiger partial charge is 0.178 e. The molecule has 3 nitrogen and oxygen atoms in total. The van der Waals surface area contributed by atoms with E-state index in [-0.39, 0.29) is 5.75 Å². The van der Waals surface area contributed by atoms with Crippen LogP contribution in [0.2, 0.25) is 0 Å². The van der Waals surface area contributed by atoms with E-state index < -0.39 is 9.84 Å². The molecule has 0 radical (unpaired) electrons. The summed E-state index contributed by atoms with van der Waals surface area (Å²) in [7, 11) is -3.07. The van der Waals surface area contributed by atoms with Gasteiger partial charge in [0.25, 0.3) is 0 Å². The van der Waals surface area contributed by atoms with Gasteiger partial charge in [0, 0.05) is 0 Å². The zero-order valence-corrected chi connectivity index (χ0v) is 11.7. The first-order valence-corrected chi connectivity index (χ1v) is 8.19. The molecule has 2 atom stereocenters. The lowest BCUT2D eigenvalue weighted by Gasteiger charge is -2.03. The highest BCUT2D eigenvalue weighted by atomic mass is 32.2. The molecule has 0 amide bonds. The number of sulfone groups is 1. The summed E-state index contributed by atoms with van der Waals surface area (Å²) >= 11 is 0. The Morgan fingerprint density at radius 3 is 2.28 bits per heavy atom. The van der Waals surface area contributed by atoms with Crippen molar-refractivity contribution in [1.82, 2.24) is 0 Å². The standard InChI is InChI=1S/C14H20O3S/c1-3-13-14(17-13)10-7-11-5-8-12(9-6-11)18(15,16)4-2/h5-6,8-9,13-14H,3-4,7,10H2,1-2H3. The average molecular weight is 268 g/mol. The van der Waals surface area contributed by atoms with Crippen molar-refractivity contribution in [3.8, 4) is 0 Å². The molecule has 0 bridgehead atoms. The Bertz CT molecular complexity index is 490. The van der Waals surface area contributed by atoms with Gasteiger partial charge in [0.15, 0.2) is 9.84 Å². The van der Waals surface area contributed by atoms with Crippen molar-refractivity contribution >= 4 is 9.84 Å². The molecule has 18 heavy (non-hydrogen) atoms. The minimum Gasteiger partial charge on any atom is -0.370 e. The number of hydrogen-bond donors (Lipinski definition) is 0. The summed E-state index contributed by atoms with van der Waals surface area (Å²) in [5.74, 6) is 0.153. The van der Waals surface area contributed by atoms with Gasteiger partial charge in [-0.2, -0.15) is 0 Å². The largest absolute Gasteiger partial charge is 0.370 e. The number of aryl methyl sites for hydroxylation is 1. The van der Waals surface area contributed by atoms with Gasteiger partial charge in [-0.1, -0.05) is 26.0 Å². The van der Waals surface area contributed by atoms with E-state index in [1.54, 1.807) is 19.1 Å². The van der Waals surface area contributed by atoms with Crippen LogP contribution in [-0.2, 0) is 21.0 Å². The van der Waals surface area contributed by atoms with Crippen LogP contribution in [0.3, 0.4) is 0 Å². The van der Waals surface area contributed by atoms with Crippen molar-refractivity contribution in [3.05, 3.63) is 29.8 Å². The van der Waals surface area contributed by atoms with Gasteiger partial charge in [0.2, 0.25) is 0 Å². The summed E-state index contributed by atoms with van der Waals surface area (Å²) in [6, 6.07) is 7.23. The third-order valence-electron chi connectivity index (χ3n) is 3.47. The fourth-order valence-corrected chi connectivity index (χ4v) is 3.02. The van der Waals surface area contributed by atoms with E-state index in [0.717, 1.165) is 19.3 Å². The monoisotopic (exact) mass is 268 g/mol. The fraction of sp³-hybridized carbons (Fsp3) is 0.571. The first-order chi connectivity index (χ1) is 8.56. The second-order valence-electron chi connectivity index (χ2n) is 4.71. The Hall–Kier alpha value is -0.870. The van der Waals surface area contributed by atoms with Crippen molar-refractivity contribution in [2.24, 2.45) is 0 Å². The fourth-order valence-electron chi connectivity index (χ4n) is 2.13. The van der Waals surface area contributed by atoms with Gasteiger partial charge in [-0.05, 0) is 37.0 Å². The van der Waals surface area contributed by atoms with E-state index in [9.17, 15) is 8.42 Å². The van der Waals surface area contributed by atoms with Crippen LogP contribution in [0, 0.1) is 0 Å². The Morgan fingerprint density at radius 2 is 1.78 bits per heavy atom. The lowest BCUT2D eigenvalue weighted by atomic mass is 10.1. The summed E-state index contributed by atoms with van der Waals surface area (Å²) in [6.07, 6.45) is 3.92. The Labute approximate surface area is 109 Å². The maximum Gasteiger partial charge on any atom is 0.178 e. The first kappa shape index (κ1) is 13.6. The number of benzene rings is 1. The van der Waals surface area contributed by atoms with Gasteiger partial charge in [-0.25, -0.2) is 8.42 Å². The normalized spacial score (nSPS) is 23.0. The molecule has 0 spiro atoms. The molecule has 0 saturated carbocycles. The van der Waals surface area contributed by atoms with Crippen LogP contribution in [0.5, 0.6) is 0 Å². The van der Waals surface area contributed by atoms with Crippen LogP contribution in [0.4, 0.5) is 0 Å². The van der Waals surface area contributed by atoms with Crippen molar-refractivity contribution in [3.63, 3.8) is 0 Å². The Balaban J connectivity index is 1.92. The van der Waals surface area contributed by atoms with Crippen LogP contribution in [0.25, 0.3) is 0 Å². The molecule has 0 N–H and O–H groups in total. The van der Waals surface area contributed by atoms with E-state index in [1.165, 1.54) is 5.56 Å². The van der Waals surface area contributed by atoms with Gasteiger partial charge in [-0.3, -0.25) is 0 Å². The molecule has 2 unspecified atom stereocenters. The molecule has 100 valence electrons. The predicted octanol–water partition coefficient (Wildman–Crippen LogP) is 2.59. The molecule has 1 aliphatic rings. The molecule has 0 aromatic heterocycles. The zero-order valence-electron chi connectivity index (χ0n) is 10.9. The Kier molecular flexibility index (Phi) is 4.07. The lowest BCUT2D eigenvalue weighted by molar-refractivity contribution is 0.360. The molecule has 1 heterocycles. The van der Waals surface area contributed by atoms with Gasteiger partial charge >= 0.3 is 0 Å². The van der Waals surface area contributed by atoms with Crippen LogP contribution in [0.15, 0.2) is 29.2 Å². The topological polar surface area (TPSA) is 46.7 Å². The average Bonchev–Trinajstić information content (AvgIpc) is 3.15. The summed E-state index contributed by atoms with van der Waals surface area (Å²) in [5, 5.41) is 0. The van der Waals surface area contributed by atoms with Crippen LogP contribution >= 0.6 is 0 Å². The van der Waals surface area contributed by atoms with Gasteiger partial charge in [0.05, 0.1) is 22.9 Å². The quantitative estimate of drug-likeness (QED) is 0.745.